The van der Waals surface area contributed by atoms with E-state index in [1.807, 2.05) is 11.9 Å². The first kappa shape index (κ1) is 13.1. The summed E-state index contributed by atoms with van der Waals surface area (Å²) in [6, 6.07) is 0.353. The fourth-order valence-corrected chi connectivity index (χ4v) is 2.16. The highest BCUT2D eigenvalue weighted by atomic mass is 35.5. The van der Waals surface area contributed by atoms with Gasteiger partial charge < -0.3 is 4.90 Å². The van der Waals surface area contributed by atoms with Crippen LogP contribution in [0.5, 0.6) is 0 Å². The number of thioether (sulfide) groups is 1. The van der Waals surface area contributed by atoms with Crippen molar-refractivity contribution in [1.29, 1.82) is 0 Å². The van der Waals surface area contributed by atoms with Crippen LogP contribution in [0.4, 0.5) is 0 Å². The maximum atomic E-state index is 11.5. The molecule has 4 heteroatoms. The van der Waals surface area contributed by atoms with Crippen molar-refractivity contribution in [3.8, 4) is 0 Å². The van der Waals surface area contributed by atoms with E-state index >= 15 is 0 Å². The number of hydrogen-bond acceptors (Lipinski definition) is 2. The fourth-order valence-electron chi connectivity index (χ4n) is 1.16. The van der Waals surface area contributed by atoms with Crippen molar-refractivity contribution in [2.75, 3.05) is 24.9 Å². The SMILES string of the molecule is CCC(CSC)N(C)C(=O)CCCl. The van der Waals surface area contributed by atoms with Gasteiger partial charge in [-0.05, 0) is 12.7 Å². The average Bonchev–Trinajstić information content (AvgIpc) is 2.13. The highest BCUT2D eigenvalue weighted by Crippen LogP contribution is 2.09. The summed E-state index contributed by atoms with van der Waals surface area (Å²) >= 11 is 7.28. The Balaban J connectivity index is 4.02. The second-order valence-corrected chi connectivity index (χ2v) is 4.25. The van der Waals surface area contributed by atoms with Crippen LogP contribution in [0.3, 0.4) is 0 Å². The predicted octanol–water partition coefficient (Wildman–Crippen LogP) is 2.22. The van der Waals surface area contributed by atoms with Crippen LogP contribution >= 0.6 is 23.4 Å². The minimum absolute atomic E-state index is 0.149. The average molecular weight is 224 g/mol. The van der Waals surface area contributed by atoms with Gasteiger partial charge in [0, 0.05) is 31.1 Å². The molecule has 0 aliphatic heterocycles. The number of carbonyl (C=O) groups excluding carboxylic acids is 1. The van der Waals surface area contributed by atoms with Crippen LogP contribution in [0.2, 0.25) is 0 Å². The number of halogens is 1. The standard InChI is InChI=1S/C9H18ClNOS/c1-4-8(7-13-3)11(2)9(12)5-6-10/h8H,4-7H2,1-3H3. The van der Waals surface area contributed by atoms with Gasteiger partial charge in [0.05, 0.1) is 0 Å². The van der Waals surface area contributed by atoms with E-state index in [4.69, 9.17) is 11.6 Å². The molecule has 0 fully saturated rings. The van der Waals surface area contributed by atoms with E-state index in [2.05, 4.69) is 13.2 Å². The molecule has 0 saturated carbocycles. The van der Waals surface area contributed by atoms with E-state index in [0.29, 0.717) is 18.3 Å². The van der Waals surface area contributed by atoms with E-state index < -0.39 is 0 Å². The lowest BCUT2D eigenvalue weighted by atomic mass is 10.2. The molecule has 1 amide bonds. The zero-order valence-corrected chi connectivity index (χ0v) is 10.1. The molecule has 0 aliphatic carbocycles. The summed E-state index contributed by atoms with van der Waals surface area (Å²) in [7, 11) is 1.86. The first-order valence-corrected chi connectivity index (χ1v) is 6.40. The molecular weight excluding hydrogens is 206 g/mol. The molecule has 2 nitrogen and oxygen atoms in total. The Labute approximate surface area is 90.0 Å². The summed E-state index contributed by atoms with van der Waals surface area (Å²) in [5, 5.41) is 0. The zero-order chi connectivity index (χ0) is 10.3. The Morgan fingerprint density at radius 3 is 2.62 bits per heavy atom. The van der Waals surface area contributed by atoms with Gasteiger partial charge in [0.1, 0.15) is 0 Å². The second-order valence-electron chi connectivity index (χ2n) is 2.96. The quantitative estimate of drug-likeness (QED) is 0.644. The third-order valence-electron chi connectivity index (χ3n) is 2.08. The van der Waals surface area contributed by atoms with Crippen LogP contribution in [0.15, 0.2) is 0 Å². The van der Waals surface area contributed by atoms with Crippen molar-refractivity contribution in [2.24, 2.45) is 0 Å². The van der Waals surface area contributed by atoms with Gasteiger partial charge in [-0.2, -0.15) is 11.8 Å². The van der Waals surface area contributed by atoms with Gasteiger partial charge in [0.2, 0.25) is 5.91 Å². The van der Waals surface area contributed by atoms with Crippen molar-refractivity contribution >= 4 is 29.3 Å². The molecule has 0 bridgehead atoms. The van der Waals surface area contributed by atoms with E-state index in [1.165, 1.54) is 0 Å². The van der Waals surface area contributed by atoms with Crippen molar-refractivity contribution in [1.82, 2.24) is 4.90 Å². The monoisotopic (exact) mass is 223 g/mol. The van der Waals surface area contributed by atoms with Crippen LogP contribution < -0.4 is 0 Å². The van der Waals surface area contributed by atoms with E-state index in [1.54, 1.807) is 11.8 Å². The lowest BCUT2D eigenvalue weighted by Crippen LogP contribution is -2.38. The molecule has 0 rings (SSSR count). The Morgan fingerprint density at radius 2 is 2.23 bits per heavy atom. The molecule has 0 heterocycles. The summed E-state index contributed by atoms with van der Waals surface area (Å²) in [5.74, 6) is 1.57. The Morgan fingerprint density at radius 1 is 1.62 bits per heavy atom. The lowest BCUT2D eigenvalue weighted by molar-refractivity contribution is -0.131. The number of hydrogen-bond donors (Lipinski definition) is 0. The molecule has 0 spiro atoms. The molecule has 0 aromatic rings. The molecule has 13 heavy (non-hydrogen) atoms. The summed E-state index contributed by atoms with van der Waals surface area (Å²) in [6.07, 6.45) is 3.51. The lowest BCUT2D eigenvalue weighted by Gasteiger charge is -2.26. The molecular formula is C9H18ClNOS. The topological polar surface area (TPSA) is 20.3 Å². The van der Waals surface area contributed by atoms with Gasteiger partial charge in [-0.3, -0.25) is 4.79 Å². The van der Waals surface area contributed by atoms with Crippen molar-refractivity contribution < 1.29 is 4.79 Å². The number of nitrogens with zero attached hydrogens (tertiary/aromatic N) is 1. The molecule has 1 atom stereocenters. The third-order valence-corrected chi connectivity index (χ3v) is 2.99. The zero-order valence-electron chi connectivity index (χ0n) is 8.55. The van der Waals surface area contributed by atoms with Crippen molar-refractivity contribution in [3.05, 3.63) is 0 Å². The smallest absolute Gasteiger partial charge is 0.223 e. The van der Waals surface area contributed by atoms with Gasteiger partial charge in [-0.25, -0.2) is 0 Å². The summed E-state index contributed by atoms with van der Waals surface area (Å²) in [5.41, 5.74) is 0. The molecule has 0 aromatic heterocycles. The highest BCUT2D eigenvalue weighted by Gasteiger charge is 2.16. The third kappa shape index (κ3) is 4.77. The maximum absolute atomic E-state index is 11.5. The Hall–Kier alpha value is 0.110. The minimum Gasteiger partial charge on any atom is -0.342 e. The second kappa shape index (κ2) is 7.51. The normalized spacial score (nSPS) is 12.6. The first-order valence-electron chi connectivity index (χ1n) is 4.47. The number of amides is 1. The van der Waals surface area contributed by atoms with Crippen LogP contribution in [-0.2, 0) is 4.79 Å². The van der Waals surface area contributed by atoms with Gasteiger partial charge in [-0.1, -0.05) is 6.92 Å². The predicted molar refractivity (Wildman–Crippen MR) is 60.6 cm³/mol. The Bertz CT molecular complexity index is 155. The molecule has 1 unspecified atom stereocenters. The fraction of sp³-hybridized carbons (Fsp3) is 0.889. The van der Waals surface area contributed by atoms with E-state index in [0.717, 1.165) is 12.2 Å². The van der Waals surface area contributed by atoms with Crippen molar-refractivity contribution in [3.63, 3.8) is 0 Å². The van der Waals surface area contributed by atoms with Gasteiger partial charge in [0.15, 0.2) is 0 Å². The van der Waals surface area contributed by atoms with Crippen LogP contribution in [0.25, 0.3) is 0 Å². The molecule has 0 radical (unpaired) electrons. The van der Waals surface area contributed by atoms with Crippen LogP contribution in [0.1, 0.15) is 19.8 Å². The first-order chi connectivity index (χ1) is 6.17. The maximum Gasteiger partial charge on any atom is 0.223 e. The van der Waals surface area contributed by atoms with E-state index in [9.17, 15) is 4.79 Å². The summed E-state index contributed by atoms with van der Waals surface area (Å²) in [4.78, 5) is 13.3. The Kier molecular flexibility index (Phi) is 7.57. The van der Waals surface area contributed by atoms with E-state index in [-0.39, 0.29) is 5.91 Å². The summed E-state index contributed by atoms with van der Waals surface area (Å²) < 4.78 is 0. The largest absolute Gasteiger partial charge is 0.342 e. The van der Waals surface area contributed by atoms with Crippen molar-refractivity contribution in [2.45, 2.75) is 25.8 Å². The van der Waals surface area contributed by atoms with Crippen LogP contribution in [-0.4, -0.2) is 41.8 Å². The number of carbonyl (C=O) groups is 1. The molecule has 0 saturated heterocycles. The van der Waals surface area contributed by atoms with Crippen LogP contribution in [0, 0.1) is 0 Å². The number of rotatable bonds is 6. The molecule has 78 valence electrons. The van der Waals surface area contributed by atoms with Gasteiger partial charge in [-0.15, -0.1) is 11.6 Å². The summed E-state index contributed by atoms with van der Waals surface area (Å²) in [6.45, 7) is 2.10. The van der Waals surface area contributed by atoms with Gasteiger partial charge in [0.25, 0.3) is 0 Å². The molecule has 0 aliphatic rings. The molecule has 0 aromatic carbocycles. The minimum atomic E-state index is 0.149. The van der Waals surface area contributed by atoms with Gasteiger partial charge >= 0.3 is 0 Å². The molecule has 0 N–H and O–H groups in total. The number of alkyl halides is 1. The highest BCUT2D eigenvalue weighted by molar-refractivity contribution is 7.98.